The lowest BCUT2D eigenvalue weighted by Gasteiger charge is -2.10. The first-order chi connectivity index (χ1) is 12.9. The van der Waals surface area contributed by atoms with Crippen molar-refractivity contribution >= 4 is 28.2 Å². The molecular weight excluding hydrogens is 367 g/mol. The highest BCUT2D eigenvalue weighted by Gasteiger charge is 2.22. The Balaban J connectivity index is 2.17. The summed E-state index contributed by atoms with van der Waals surface area (Å²) in [5.74, 6) is -0.530. The number of anilines is 1. The Morgan fingerprint density at radius 3 is 2.56 bits per heavy atom. The van der Waals surface area contributed by atoms with Crippen molar-refractivity contribution < 1.29 is 18.7 Å². The first kappa shape index (κ1) is 21.1. The number of halogens is 1. The van der Waals surface area contributed by atoms with Crippen LogP contribution in [-0.2, 0) is 9.53 Å². The van der Waals surface area contributed by atoms with Crippen molar-refractivity contribution in [3.63, 3.8) is 0 Å². The minimum atomic E-state index is -0.513. The van der Waals surface area contributed by atoms with Crippen LogP contribution in [0.15, 0.2) is 29.6 Å². The van der Waals surface area contributed by atoms with Crippen LogP contribution in [0.5, 0.6) is 0 Å². The number of amides is 1. The van der Waals surface area contributed by atoms with Crippen molar-refractivity contribution in [2.75, 3.05) is 25.0 Å². The first-order valence-electron chi connectivity index (χ1n) is 8.97. The maximum atomic E-state index is 13.2. The summed E-state index contributed by atoms with van der Waals surface area (Å²) in [6, 6.07) is 5.86. The fourth-order valence-corrected chi connectivity index (χ4v) is 3.43. The summed E-state index contributed by atoms with van der Waals surface area (Å²) in [5.41, 5.74) is 1.59. The topological polar surface area (TPSA) is 67.4 Å². The van der Waals surface area contributed by atoms with Crippen LogP contribution in [0.25, 0.3) is 11.1 Å². The lowest BCUT2D eigenvalue weighted by molar-refractivity contribution is -0.115. The van der Waals surface area contributed by atoms with Crippen molar-refractivity contribution in [2.24, 2.45) is 5.92 Å². The SMILES string of the molecule is CCOC(=O)c1c(-c2ccc(F)cc2)csc1NC(=O)CNCCC(C)C. The maximum Gasteiger partial charge on any atom is 0.341 e. The Hall–Kier alpha value is -2.25. The van der Waals surface area contributed by atoms with Crippen molar-refractivity contribution in [3.8, 4) is 11.1 Å². The molecule has 0 aliphatic carbocycles. The van der Waals surface area contributed by atoms with E-state index >= 15 is 0 Å². The predicted octanol–water partition coefficient (Wildman–Crippen LogP) is 4.31. The van der Waals surface area contributed by atoms with Crippen molar-refractivity contribution in [1.29, 1.82) is 0 Å². The molecule has 0 fully saturated rings. The van der Waals surface area contributed by atoms with E-state index in [4.69, 9.17) is 4.74 Å². The van der Waals surface area contributed by atoms with E-state index in [1.165, 1.54) is 23.5 Å². The molecule has 0 unspecified atom stereocenters. The van der Waals surface area contributed by atoms with E-state index in [2.05, 4.69) is 24.5 Å². The summed E-state index contributed by atoms with van der Waals surface area (Å²) in [6.07, 6.45) is 0.981. The normalized spacial score (nSPS) is 10.9. The number of nitrogens with one attached hydrogen (secondary N) is 2. The molecule has 0 aliphatic heterocycles. The van der Waals surface area contributed by atoms with Gasteiger partial charge in [-0.1, -0.05) is 26.0 Å². The van der Waals surface area contributed by atoms with E-state index < -0.39 is 5.97 Å². The van der Waals surface area contributed by atoms with Gasteiger partial charge in [-0.15, -0.1) is 11.3 Å². The van der Waals surface area contributed by atoms with Gasteiger partial charge in [-0.2, -0.15) is 0 Å². The molecule has 2 aromatic rings. The van der Waals surface area contributed by atoms with Gasteiger partial charge in [0.15, 0.2) is 0 Å². The fourth-order valence-electron chi connectivity index (χ4n) is 2.46. The Morgan fingerprint density at radius 1 is 1.22 bits per heavy atom. The predicted molar refractivity (Wildman–Crippen MR) is 107 cm³/mol. The molecule has 0 saturated carbocycles. The Kier molecular flexibility index (Phi) is 7.94. The number of carbonyl (C=O) groups excluding carboxylic acids is 2. The molecule has 2 N–H and O–H groups in total. The summed E-state index contributed by atoms with van der Waals surface area (Å²) in [7, 11) is 0. The highest BCUT2D eigenvalue weighted by Crippen LogP contribution is 2.36. The quantitative estimate of drug-likeness (QED) is 0.493. The van der Waals surface area contributed by atoms with Crippen LogP contribution in [0.3, 0.4) is 0 Å². The molecule has 0 bridgehead atoms. The largest absolute Gasteiger partial charge is 0.462 e. The van der Waals surface area contributed by atoms with Crippen LogP contribution >= 0.6 is 11.3 Å². The Bertz CT molecular complexity index is 772. The molecule has 5 nitrogen and oxygen atoms in total. The van der Waals surface area contributed by atoms with E-state index in [1.54, 1.807) is 24.4 Å². The van der Waals surface area contributed by atoms with Crippen LogP contribution in [0, 0.1) is 11.7 Å². The van der Waals surface area contributed by atoms with Crippen LogP contribution in [0.1, 0.15) is 37.6 Å². The zero-order chi connectivity index (χ0) is 19.8. The molecule has 0 atom stereocenters. The second-order valence-corrected chi connectivity index (χ2v) is 7.37. The zero-order valence-electron chi connectivity index (χ0n) is 15.8. The lowest BCUT2D eigenvalue weighted by atomic mass is 10.0. The van der Waals surface area contributed by atoms with E-state index in [0.29, 0.717) is 27.6 Å². The third kappa shape index (κ3) is 6.15. The molecule has 0 spiro atoms. The molecule has 0 radical (unpaired) electrons. The van der Waals surface area contributed by atoms with E-state index in [0.717, 1.165) is 13.0 Å². The molecule has 1 heterocycles. The lowest BCUT2D eigenvalue weighted by Crippen LogP contribution is -2.29. The summed E-state index contributed by atoms with van der Waals surface area (Å²) >= 11 is 1.25. The molecule has 1 aromatic carbocycles. The van der Waals surface area contributed by atoms with E-state index in [9.17, 15) is 14.0 Å². The third-order valence-electron chi connectivity index (χ3n) is 3.86. The van der Waals surface area contributed by atoms with Gasteiger partial charge in [0.1, 0.15) is 16.4 Å². The minimum Gasteiger partial charge on any atom is -0.462 e. The molecule has 0 aliphatic rings. The van der Waals surface area contributed by atoms with Crippen LogP contribution in [0.4, 0.5) is 9.39 Å². The van der Waals surface area contributed by atoms with Crippen molar-refractivity contribution in [3.05, 3.63) is 41.0 Å². The van der Waals surface area contributed by atoms with Gasteiger partial charge in [0.05, 0.1) is 13.2 Å². The molecule has 1 amide bonds. The number of hydrogen-bond acceptors (Lipinski definition) is 5. The summed E-state index contributed by atoms with van der Waals surface area (Å²) in [4.78, 5) is 24.7. The first-order valence-corrected chi connectivity index (χ1v) is 9.85. The molecule has 7 heteroatoms. The molecule has 1 aromatic heterocycles. The highest BCUT2D eigenvalue weighted by atomic mass is 32.1. The number of hydrogen-bond donors (Lipinski definition) is 2. The molecule has 0 saturated heterocycles. The van der Waals surface area contributed by atoms with Gasteiger partial charge >= 0.3 is 5.97 Å². The number of esters is 1. The van der Waals surface area contributed by atoms with Gasteiger partial charge in [0.2, 0.25) is 5.91 Å². The third-order valence-corrected chi connectivity index (χ3v) is 4.76. The van der Waals surface area contributed by atoms with Gasteiger partial charge in [0, 0.05) is 10.9 Å². The van der Waals surface area contributed by atoms with Crippen LogP contribution in [0.2, 0.25) is 0 Å². The number of ether oxygens (including phenoxy) is 1. The molecule has 27 heavy (non-hydrogen) atoms. The monoisotopic (exact) mass is 392 g/mol. The molecule has 2 rings (SSSR count). The molecular formula is C20H25FN2O3S. The van der Waals surface area contributed by atoms with Gasteiger partial charge in [-0.25, -0.2) is 9.18 Å². The smallest absolute Gasteiger partial charge is 0.341 e. The minimum absolute atomic E-state index is 0.165. The van der Waals surface area contributed by atoms with Gasteiger partial charge < -0.3 is 15.4 Å². The van der Waals surface area contributed by atoms with E-state index in [-0.39, 0.29) is 24.9 Å². The second kappa shape index (κ2) is 10.2. The van der Waals surface area contributed by atoms with Crippen molar-refractivity contribution in [2.45, 2.75) is 27.2 Å². The number of thiophene rings is 1. The number of benzene rings is 1. The average molecular weight is 392 g/mol. The van der Waals surface area contributed by atoms with Crippen LogP contribution < -0.4 is 10.6 Å². The van der Waals surface area contributed by atoms with Gasteiger partial charge in [-0.3, -0.25) is 4.79 Å². The highest BCUT2D eigenvalue weighted by molar-refractivity contribution is 7.15. The van der Waals surface area contributed by atoms with Crippen molar-refractivity contribution in [1.82, 2.24) is 5.32 Å². The molecule has 146 valence electrons. The Morgan fingerprint density at radius 2 is 1.93 bits per heavy atom. The number of rotatable bonds is 9. The Labute approximate surface area is 162 Å². The summed E-state index contributed by atoms with van der Waals surface area (Å²) in [5, 5.41) is 8.07. The number of carbonyl (C=O) groups is 2. The van der Waals surface area contributed by atoms with Gasteiger partial charge in [0.25, 0.3) is 0 Å². The maximum absolute atomic E-state index is 13.2. The standard InChI is InChI=1S/C20H25FN2O3S/c1-4-26-20(25)18-16(14-5-7-15(21)8-6-14)12-27-19(18)23-17(24)11-22-10-9-13(2)3/h5-8,12-13,22H,4,9-11H2,1-3H3,(H,23,24). The van der Waals surface area contributed by atoms with E-state index in [1.807, 2.05) is 0 Å². The zero-order valence-corrected chi connectivity index (χ0v) is 16.6. The average Bonchev–Trinajstić information content (AvgIpc) is 3.03. The van der Waals surface area contributed by atoms with Crippen LogP contribution in [-0.4, -0.2) is 31.6 Å². The fraction of sp³-hybridized carbons (Fsp3) is 0.400. The summed E-state index contributed by atoms with van der Waals surface area (Å²) in [6.45, 7) is 7.10. The second-order valence-electron chi connectivity index (χ2n) is 6.49. The summed E-state index contributed by atoms with van der Waals surface area (Å²) < 4.78 is 18.3. The van der Waals surface area contributed by atoms with Gasteiger partial charge in [-0.05, 0) is 43.5 Å².